The Bertz CT molecular complexity index is 1460. The quantitative estimate of drug-likeness (QED) is 0.384. The number of carbonyl (C=O) groups is 2. The number of hydrogen-bond acceptors (Lipinski definition) is 6. The highest BCUT2D eigenvalue weighted by Gasteiger charge is 2.32. The number of halogens is 4. The molecule has 2 aromatic carbocycles. The van der Waals surface area contributed by atoms with Gasteiger partial charge in [-0.25, -0.2) is 0 Å². The second-order valence-electron chi connectivity index (χ2n) is 9.54. The summed E-state index contributed by atoms with van der Waals surface area (Å²) in [5.41, 5.74) is -1.71. The molecule has 3 aromatic rings. The third kappa shape index (κ3) is 5.29. The molecule has 0 aliphatic carbocycles. The van der Waals surface area contributed by atoms with E-state index in [4.69, 9.17) is 4.74 Å². The van der Waals surface area contributed by atoms with Crippen molar-refractivity contribution in [2.24, 2.45) is 0 Å². The summed E-state index contributed by atoms with van der Waals surface area (Å²) in [6, 6.07) is 7.07. The molecule has 0 fully saturated rings. The van der Waals surface area contributed by atoms with E-state index in [1.54, 1.807) is 26.8 Å². The summed E-state index contributed by atoms with van der Waals surface area (Å²) >= 11 is 3.41. The van der Waals surface area contributed by atoms with E-state index >= 15 is 0 Å². The summed E-state index contributed by atoms with van der Waals surface area (Å²) in [6.07, 6.45) is -4.49. The second-order valence-corrected chi connectivity index (χ2v) is 10.4. The van der Waals surface area contributed by atoms with E-state index in [1.807, 2.05) is 0 Å². The van der Waals surface area contributed by atoms with Crippen molar-refractivity contribution in [2.75, 3.05) is 11.9 Å². The minimum absolute atomic E-state index is 0.0310. The third-order valence-corrected chi connectivity index (χ3v) is 6.37. The average Bonchev–Trinajstić information content (AvgIpc) is 2.80. The van der Waals surface area contributed by atoms with Crippen LogP contribution >= 0.6 is 15.9 Å². The van der Waals surface area contributed by atoms with Crippen LogP contribution in [0.15, 0.2) is 45.7 Å². The monoisotopic (exact) mass is 581 g/mol. The number of rotatable bonds is 4. The Kier molecular flexibility index (Phi) is 6.74. The number of esters is 1. The number of hydrogen-bond donors (Lipinski definition) is 3. The van der Waals surface area contributed by atoms with Gasteiger partial charge in [0.2, 0.25) is 0 Å². The van der Waals surface area contributed by atoms with E-state index < -0.39 is 58.7 Å². The molecule has 2 heterocycles. The summed E-state index contributed by atoms with van der Waals surface area (Å²) in [6.45, 7) is 4.44. The van der Waals surface area contributed by atoms with Crippen LogP contribution in [0, 0.1) is 0 Å². The zero-order chi connectivity index (χ0) is 27.3. The van der Waals surface area contributed by atoms with Gasteiger partial charge in [0.05, 0.1) is 29.4 Å². The van der Waals surface area contributed by atoms with Crippen molar-refractivity contribution in [1.29, 1.82) is 0 Å². The Morgan fingerprint density at radius 3 is 2.41 bits per heavy atom. The van der Waals surface area contributed by atoms with Crippen molar-refractivity contribution in [2.45, 2.75) is 45.1 Å². The first-order chi connectivity index (χ1) is 17.2. The molecule has 0 bridgehead atoms. The lowest BCUT2D eigenvalue weighted by Gasteiger charge is -2.30. The number of nitrogens with one attached hydrogen (secondary N) is 2. The van der Waals surface area contributed by atoms with Crippen molar-refractivity contribution in [3.63, 3.8) is 0 Å². The lowest BCUT2D eigenvalue weighted by molar-refractivity contribution is -0.153. The van der Waals surface area contributed by atoms with Crippen molar-refractivity contribution in [3.05, 3.63) is 67.9 Å². The summed E-state index contributed by atoms with van der Waals surface area (Å²) < 4.78 is 46.0. The van der Waals surface area contributed by atoms with Crippen LogP contribution in [0.3, 0.4) is 0 Å². The highest BCUT2D eigenvalue weighted by molar-refractivity contribution is 9.10. The van der Waals surface area contributed by atoms with Gasteiger partial charge in [-0.05, 0) is 66.5 Å². The van der Waals surface area contributed by atoms with Gasteiger partial charge in [0, 0.05) is 9.86 Å². The lowest BCUT2D eigenvalue weighted by Crippen LogP contribution is -2.39. The van der Waals surface area contributed by atoms with Crippen molar-refractivity contribution >= 4 is 44.4 Å². The van der Waals surface area contributed by atoms with Crippen molar-refractivity contribution in [3.8, 4) is 5.75 Å². The topological polar surface area (TPSA) is 110 Å². The van der Waals surface area contributed by atoms with Gasteiger partial charge in [-0.3, -0.25) is 14.4 Å². The molecule has 0 saturated heterocycles. The number of ether oxygens (including phenoxy) is 1. The van der Waals surface area contributed by atoms with Crippen LogP contribution in [-0.4, -0.2) is 33.7 Å². The van der Waals surface area contributed by atoms with Crippen molar-refractivity contribution < 1.29 is 32.6 Å². The van der Waals surface area contributed by atoms with E-state index in [9.17, 15) is 32.7 Å². The van der Waals surface area contributed by atoms with Crippen LogP contribution in [0.4, 0.5) is 18.9 Å². The van der Waals surface area contributed by atoms with Crippen LogP contribution in [0.1, 0.15) is 48.3 Å². The first-order valence-electron chi connectivity index (χ1n) is 11.2. The number of anilines is 1. The number of aromatic nitrogens is 1. The smallest absolute Gasteiger partial charge is 0.416 e. The second kappa shape index (κ2) is 9.40. The number of alkyl halides is 3. The van der Waals surface area contributed by atoms with Gasteiger partial charge in [-0.1, -0.05) is 12.1 Å². The highest BCUT2D eigenvalue weighted by atomic mass is 79.9. The maximum absolute atomic E-state index is 13.4. The fourth-order valence-corrected chi connectivity index (χ4v) is 4.58. The molecule has 0 radical (unpaired) electrons. The predicted octanol–water partition coefficient (Wildman–Crippen LogP) is 4.73. The number of carbonyl (C=O) groups excluding carboxylic acids is 2. The molecule has 1 atom stereocenters. The number of nitrogens with zero attached hydrogens (tertiary/aromatic N) is 1. The molecule has 0 saturated carbocycles. The van der Waals surface area contributed by atoms with Crippen LogP contribution in [0.25, 0.3) is 10.9 Å². The van der Waals surface area contributed by atoms with E-state index in [0.29, 0.717) is 21.2 Å². The number of pyridine rings is 1. The molecule has 8 nitrogen and oxygen atoms in total. The zero-order valence-corrected chi connectivity index (χ0v) is 21.6. The predicted molar refractivity (Wildman–Crippen MR) is 134 cm³/mol. The molecule has 3 N–H and O–H groups in total. The minimum atomic E-state index is -4.49. The number of amides is 1. The van der Waals surface area contributed by atoms with Crippen LogP contribution in [0.5, 0.6) is 5.75 Å². The summed E-state index contributed by atoms with van der Waals surface area (Å²) in [5, 5.41) is 16.6. The highest BCUT2D eigenvalue weighted by Crippen LogP contribution is 2.41. The van der Waals surface area contributed by atoms with E-state index in [-0.39, 0.29) is 11.9 Å². The van der Waals surface area contributed by atoms with E-state index in [2.05, 4.69) is 26.6 Å². The molecule has 196 valence electrons. The fourth-order valence-electron chi connectivity index (χ4n) is 4.14. The van der Waals surface area contributed by atoms with Gasteiger partial charge < -0.3 is 25.0 Å². The Balaban J connectivity index is 1.73. The molecule has 1 unspecified atom stereocenters. The Labute approximate surface area is 217 Å². The molecule has 1 amide bonds. The summed E-state index contributed by atoms with van der Waals surface area (Å²) in [7, 11) is 0. The Hall–Kier alpha value is -3.54. The minimum Gasteiger partial charge on any atom is -0.506 e. The number of aromatic hydroxyl groups is 1. The summed E-state index contributed by atoms with van der Waals surface area (Å²) in [5.74, 6) is -2.24. The molecular weight excluding hydrogens is 559 g/mol. The van der Waals surface area contributed by atoms with Crippen LogP contribution in [0.2, 0.25) is 0 Å². The van der Waals surface area contributed by atoms with Gasteiger partial charge >= 0.3 is 12.1 Å². The van der Waals surface area contributed by atoms with Crippen LogP contribution in [-0.2, 0) is 22.3 Å². The zero-order valence-electron chi connectivity index (χ0n) is 20.0. The maximum Gasteiger partial charge on any atom is 0.416 e. The van der Waals surface area contributed by atoms with Crippen LogP contribution < -0.4 is 16.2 Å². The molecule has 1 aliphatic rings. The SMILES string of the molecule is CC(C)(C)OC(=O)CNC(=O)c1c(O)c2ccc(Br)c3c2n(c1=O)CC(c1ccc(C(F)(F)F)cc1)N3. The van der Waals surface area contributed by atoms with Gasteiger partial charge in [0.15, 0.2) is 0 Å². The van der Waals surface area contributed by atoms with E-state index in [1.165, 1.54) is 22.8 Å². The largest absolute Gasteiger partial charge is 0.506 e. The number of benzene rings is 2. The molecule has 1 aromatic heterocycles. The van der Waals surface area contributed by atoms with Crippen molar-refractivity contribution in [1.82, 2.24) is 9.88 Å². The summed E-state index contributed by atoms with van der Waals surface area (Å²) in [4.78, 5) is 38.4. The molecular formula is C25H23BrF3N3O5. The van der Waals surface area contributed by atoms with Gasteiger partial charge in [0.25, 0.3) is 11.5 Å². The molecule has 37 heavy (non-hydrogen) atoms. The standard InChI is InChI=1S/C25H23BrF3N3O5/c1-24(2,3)37-17(33)10-30-22(35)18-21(34)14-8-9-15(26)19-20(14)32(23(18)36)11-16(31-19)12-4-6-13(7-5-12)25(27,28)29/h4-9,16,31,34H,10-11H2,1-3H3,(H,30,35). The van der Waals surface area contributed by atoms with Gasteiger partial charge in [0.1, 0.15) is 23.5 Å². The normalized spacial score (nSPS) is 15.3. The third-order valence-electron chi connectivity index (χ3n) is 5.71. The fraction of sp³-hybridized carbons (Fsp3) is 0.320. The Morgan fingerprint density at radius 1 is 1.16 bits per heavy atom. The first-order valence-corrected chi connectivity index (χ1v) is 12.0. The van der Waals surface area contributed by atoms with Gasteiger partial charge in [-0.2, -0.15) is 13.2 Å². The molecule has 0 spiro atoms. The molecule has 1 aliphatic heterocycles. The Morgan fingerprint density at radius 2 is 1.81 bits per heavy atom. The van der Waals surface area contributed by atoms with E-state index in [0.717, 1.165) is 12.1 Å². The molecule has 12 heteroatoms. The lowest BCUT2D eigenvalue weighted by atomic mass is 9.99. The first kappa shape index (κ1) is 26.5. The average molecular weight is 582 g/mol. The molecule has 4 rings (SSSR count). The maximum atomic E-state index is 13.4. The van der Waals surface area contributed by atoms with Gasteiger partial charge in [-0.15, -0.1) is 0 Å².